The van der Waals surface area contributed by atoms with E-state index in [4.69, 9.17) is 12.2 Å². The fourth-order valence-electron chi connectivity index (χ4n) is 0.730. The summed E-state index contributed by atoms with van der Waals surface area (Å²) < 4.78 is 0. The summed E-state index contributed by atoms with van der Waals surface area (Å²) in [5, 5.41) is 7.15. The van der Waals surface area contributed by atoms with Gasteiger partial charge in [-0.3, -0.25) is 0 Å². The van der Waals surface area contributed by atoms with Crippen molar-refractivity contribution in [1.29, 1.82) is 0 Å². The fraction of sp³-hybridized carbons (Fsp3) is 0.900. The third-order valence-electron chi connectivity index (χ3n) is 1.27. The molecule has 0 amide bonds. The Morgan fingerprint density at radius 3 is 1.85 bits per heavy atom. The second-order valence-corrected chi connectivity index (χ2v) is 6.03. The molecule has 0 atom stereocenters. The van der Waals surface area contributed by atoms with Crippen molar-refractivity contribution in [3.8, 4) is 0 Å². The molecule has 0 aromatic rings. The van der Waals surface area contributed by atoms with Crippen molar-refractivity contribution in [1.82, 2.24) is 10.6 Å². The number of hydrogen-bond acceptors (Lipinski definition) is 1. The van der Waals surface area contributed by atoms with Crippen LogP contribution < -0.4 is 10.6 Å². The van der Waals surface area contributed by atoms with E-state index in [0.717, 1.165) is 11.7 Å². The highest BCUT2D eigenvalue weighted by Gasteiger charge is 2.13. The van der Waals surface area contributed by atoms with Gasteiger partial charge < -0.3 is 10.6 Å². The van der Waals surface area contributed by atoms with Crippen LogP contribution in [-0.2, 0) is 0 Å². The summed E-state index contributed by atoms with van der Waals surface area (Å²) in [7, 11) is 0. The Labute approximate surface area is 87.5 Å². The minimum atomic E-state index is 0.0436. The summed E-state index contributed by atoms with van der Waals surface area (Å²) in [6.07, 6.45) is 0. The molecule has 0 rings (SSSR count). The molecule has 78 valence electrons. The van der Waals surface area contributed by atoms with Crippen LogP contribution in [0.15, 0.2) is 0 Å². The zero-order valence-corrected chi connectivity index (χ0v) is 10.4. The topological polar surface area (TPSA) is 24.1 Å². The number of rotatable bonds is 1. The molecule has 0 unspecified atom stereocenters. The van der Waals surface area contributed by atoms with Gasteiger partial charge in [0.25, 0.3) is 0 Å². The Morgan fingerprint density at radius 1 is 1.08 bits per heavy atom. The van der Waals surface area contributed by atoms with Gasteiger partial charge in [-0.15, -0.1) is 0 Å². The molecule has 13 heavy (non-hydrogen) atoms. The van der Waals surface area contributed by atoms with Crippen LogP contribution in [0.25, 0.3) is 0 Å². The van der Waals surface area contributed by atoms with Crippen molar-refractivity contribution >= 4 is 17.3 Å². The highest BCUT2D eigenvalue weighted by Crippen LogP contribution is 2.10. The maximum atomic E-state index is 5.15. The predicted octanol–water partition coefficient (Wildman–Crippen LogP) is 2.30. The van der Waals surface area contributed by atoms with E-state index in [1.165, 1.54) is 0 Å². The predicted molar refractivity (Wildman–Crippen MR) is 62.9 cm³/mol. The second kappa shape index (κ2) is 4.27. The minimum Gasteiger partial charge on any atom is -0.362 e. The summed E-state index contributed by atoms with van der Waals surface area (Å²) in [6.45, 7) is 13.7. The Kier molecular flexibility index (Phi) is 4.17. The summed E-state index contributed by atoms with van der Waals surface area (Å²) in [5.74, 6) is 0. The summed E-state index contributed by atoms with van der Waals surface area (Å²) in [5.41, 5.74) is 0.311. The van der Waals surface area contributed by atoms with Crippen LogP contribution >= 0.6 is 12.2 Å². The largest absolute Gasteiger partial charge is 0.362 e. The van der Waals surface area contributed by atoms with Crippen molar-refractivity contribution in [2.24, 2.45) is 5.41 Å². The lowest BCUT2D eigenvalue weighted by Gasteiger charge is -2.26. The van der Waals surface area contributed by atoms with E-state index in [1.807, 2.05) is 0 Å². The number of hydrogen-bond donors (Lipinski definition) is 2. The van der Waals surface area contributed by atoms with Gasteiger partial charge in [-0.1, -0.05) is 20.8 Å². The van der Waals surface area contributed by atoms with Crippen LogP contribution in [0.2, 0.25) is 0 Å². The van der Waals surface area contributed by atoms with Crippen LogP contribution in [0.1, 0.15) is 41.5 Å². The van der Waals surface area contributed by atoms with E-state index < -0.39 is 0 Å². The van der Waals surface area contributed by atoms with Gasteiger partial charge in [-0.2, -0.15) is 0 Å². The van der Waals surface area contributed by atoms with Gasteiger partial charge in [0.2, 0.25) is 0 Å². The van der Waals surface area contributed by atoms with Crippen LogP contribution in [0.3, 0.4) is 0 Å². The molecule has 0 aliphatic heterocycles. The number of nitrogens with one attached hydrogen (secondary N) is 2. The molecular formula is C10H22N2S. The highest BCUT2D eigenvalue weighted by molar-refractivity contribution is 7.80. The Balaban J connectivity index is 3.78. The van der Waals surface area contributed by atoms with Crippen LogP contribution in [0.4, 0.5) is 0 Å². The smallest absolute Gasteiger partial charge is 0.166 e. The maximum absolute atomic E-state index is 5.15. The first kappa shape index (κ1) is 12.7. The van der Waals surface area contributed by atoms with E-state index in [2.05, 4.69) is 52.2 Å². The first-order valence-electron chi connectivity index (χ1n) is 4.66. The van der Waals surface area contributed by atoms with Gasteiger partial charge in [0.15, 0.2) is 5.11 Å². The number of thiocarbonyl (C=S) groups is 1. The first-order chi connectivity index (χ1) is 5.60. The summed E-state index contributed by atoms with van der Waals surface area (Å²) in [4.78, 5) is 0. The molecule has 0 aromatic heterocycles. The molecule has 0 bridgehead atoms. The Morgan fingerprint density at radius 2 is 1.54 bits per heavy atom. The van der Waals surface area contributed by atoms with Crippen LogP contribution in [0, 0.1) is 5.41 Å². The molecule has 0 spiro atoms. The molecule has 0 aliphatic carbocycles. The molecule has 3 heteroatoms. The first-order valence-corrected chi connectivity index (χ1v) is 5.07. The van der Waals surface area contributed by atoms with Crippen LogP contribution in [-0.4, -0.2) is 17.2 Å². The third-order valence-corrected chi connectivity index (χ3v) is 1.51. The normalized spacial score (nSPS) is 12.5. The molecule has 0 heterocycles. The van der Waals surface area contributed by atoms with Gasteiger partial charge in [0.05, 0.1) is 0 Å². The van der Waals surface area contributed by atoms with Gasteiger partial charge in [0, 0.05) is 12.1 Å². The molecular weight excluding hydrogens is 180 g/mol. The van der Waals surface area contributed by atoms with Gasteiger partial charge in [-0.05, 0) is 38.4 Å². The lowest BCUT2D eigenvalue weighted by atomic mass is 9.97. The SMILES string of the molecule is CC(C)(C)CNC(=S)NC(C)(C)C. The van der Waals surface area contributed by atoms with Crippen molar-refractivity contribution < 1.29 is 0 Å². The maximum Gasteiger partial charge on any atom is 0.166 e. The molecule has 2 nitrogen and oxygen atoms in total. The quantitative estimate of drug-likeness (QED) is 0.638. The Hall–Kier alpha value is -0.310. The summed E-state index contributed by atoms with van der Waals surface area (Å²) >= 11 is 5.15. The van der Waals surface area contributed by atoms with Crippen molar-refractivity contribution in [3.63, 3.8) is 0 Å². The van der Waals surface area contributed by atoms with E-state index in [9.17, 15) is 0 Å². The lowest BCUT2D eigenvalue weighted by Crippen LogP contribution is -2.48. The molecule has 2 N–H and O–H groups in total. The zero-order chi connectivity index (χ0) is 10.7. The molecule has 0 aliphatic rings. The molecule has 0 radical (unpaired) electrons. The standard InChI is InChI=1S/C10H22N2S/c1-9(2,3)7-11-8(13)12-10(4,5)6/h7H2,1-6H3,(H2,11,12,13). The van der Waals surface area contributed by atoms with Crippen LogP contribution in [0.5, 0.6) is 0 Å². The molecule has 0 aromatic carbocycles. The molecule has 0 saturated carbocycles. The third kappa shape index (κ3) is 9.61. The van der Waals surface area contributed by atoms with E-state index >= 15 is 0 Å². The molecule has 0 fully saturated rings. The van der Waals surface area contributed by atoms with Crippen molar-refractivity contribution in [2.75, 3.05) is 6.54 Å². The van der Waals surface area contributed by atoms with Gasteiger partial charge in [-0.25, -0.2) is 0 Å². The highest BCUT2D eigenvalue weighted by atomic mass is 32.1. The van der Waals surface area contributed by atoms with Gasteiger partial charge in [0.1, 0.15) is 0 Å². The lowest BCUT2D eigenvalue weighted by molar-refractivity contribution is 0.403. The van der Waals surface area contributed by atoms with E-state index in [-0.39, 0.29) is 11.0 Å². The van der Waals surface area contributed by atoms with Gasteiger partial charge >= 0.3 is 0 Å². The second-order valence-electron chi connectivity index (χ2n) is 5.62. The average Bonchev–Trinajstić information content (AvgIpc) is 1.78. The van der Waals surface area contributed by atoms with Crippen molar-refractivity contribution in [3.05, 3.63) is 0 Å². The molecule has 0 saturated heterocycles. The fourth-order valence-corrected chi connectivity index (χ4v) is 1.11. The minimum absolute atomic E-state index is 0.0436. The zero-order valence-electron chi connectivity index (χ0n) is 9.62. The monoisotopic (exact) mass is 202 g/mol. The Bertz CT molecular complexity index is 174. The van der Waals surface area contributed by atoms with E-state index in [0.29, 0.717) is 0 Å². The van der Waals surface area contributed by atoms with Crippen molar-refractivity contribution in [2.45, 2.75) is 47.1 Å². The average molecular weight is 202 g/mol. The van der Waals surface area contributed by atoms with E-state index in [1.54, 1.807) is 0 Å². The summed E-state index contributed by atoms with van der Waals surface area (Å²) in [6, 6.07) is 0.